The lowest BCUT2D eigenvalue weighted by Crippen LogP contribution is -2.40. The van der Waals surface area contributed by atoms with E-state index in [-0.39, 0.29) is 23.1 Å². The number of benzene rings is 1. The Balaban J connectivity index is 2.35. The second-order valence-electron chi connectivity index (χ2n) is 6.75. The smallest absolute Gasteiger partial charge is 0.423 e. The zero-order valence-electron chi connectivity index (χ0n) is 17.7. The average Bonchev–Trinajstić information content (AvgIpc) is 2.74. The molecule has 0 N–H and O–H groups in total. The van der Waals surface area contributed by atoms with Gasteiger partial charge in [0.2, 0.25) is 5.76 Å². The lowest BCUT2D eigenvalue weighted by Gasteiger charge is -2.23. The van der Waals surface area contributed by atoms with E-state index < -0.39 is 29.4 Å². The molecule has 1 aromatic carbocycles. The molecule has 0 aliphatic rings. The summed E-state index contributed by atoms with van der Waals surface area (Å²) in [6.07, 6.45) is 1.03. The van der Waals surface area contributed by atoms with Crippen LogP contribution in [0.3, 0.4) is 0 Å². The quantitative estimate of drug-likeness (QED) is 0.373. The highest BCUT2D eigenvalue weighted by Gasteiger charge is 2.28. The number of aromatic nitrogens is 1. The molecular formula is C22H26N2O6. The lowest BCUT2D eigenvalue weighted by atomic mass is 9.96. The van der Waals surface area contributed by atoms with Gasteiger partial charge in [0.05, 0.1) is 7.11 Å². The minimum Gasteiger partial charge on any atom is -0.493 e. The molecule has 2 rings (SSSR count). The Kier molecular flexibility index (Phi) is 7.52. The predicted molar refractivity (Wildman–Crippen MR) is 114 cm³/mol. The number of methoxy groups -OCH3 is 1. The highest BCUT2D eigenvalue weighted by atomic mass is 16.5. The third-order valence-electron chi connectivity index (χ3n) is 4.95. The van der Waals surface area contributed by atoms with Crippen molar-refractivity contribution >= 4 is 24.1 Å². The molecular weight excluding hydrogens is 388 g/mol. The number of ether oxygens (including phenoxy) is 2. The van der Waals surface area contributed by atoms with E-state index in [2.05, 4.69) is 11.7 Å². The van der Waals surface area contributed by atoms with E-state index >= 15 is 0 Å². The Morgan fingerprint density at radius 3 is 2.37 bits per heavy atom. The molecule has 160 valence electrons. The van der Waals surface area contributed by atoms with Gasteiger partial charge in [-0.15, -0.1) is 0 Å². The zero-order valence-corrected chi connectivity index (χ0v) is 17.7. The Bertz CT molecular complexity index is 1050. The van der Waals surface area contributed by atoms with Crippen LogP contribution in [0.25, 0.3) is 5.76 Å². The van der Waals surface area contributed by atoms with E-state index in [0.29, 0.717) is 4.57 Å². The SMILES string of the molecule is C=Nc1c(/C(=C\C)OC)oc(=O)n([C@@H](C)C(=O)O[C@@H](C)[C@@H](C)c2ccccc2)c1=O. The molecule has 0 bridgehead atoms. The van der Waals surface area contributed by atoms with Gasteiger partial charge < -0.3 is 13.9 Å². The first-order valence-electron chi connectivity index (χ1n) is 9.49. The Morgan fingerprint density at radius 1 is 1.20 bits per heavy atom. The van der Waals surface area contributed by atoms with Gasteiger partial charge in [-0.2, -0.15) is 0 Å². The highest BCUT2D eigenvalue weighted by molar-refractivity contribution is 5.74. The molecule has 8 nitrogen and oxygen atoms in total. The maximum Gasteiger partial charge on any atom is 0.423 e. The summed E-state index contributed by atoms with van der Waals surface area (Å²) < 4.78 is 16.5. The van der Waals surface area contributed by atoms with Crippen LogP contribution >= 0.6 is 0 Å². The van der Waals surface area contributed by atoms with Crippen LogP contribution in [-0.2, 0) is 14.3 Å². The van der Waals surface area contributed by atoms with Crippen LogP contribution in [0.2, 0.25) is 0 Å². The van der Waals surface area contributed by atoms with Crippen LogP contribution < -0.4 is 11.3 Å². The number of nitrogens with zero attached hydrogens (tertiary/aromatic N) is 2. The normalized spacial score (nSPS) is 14.5. The van der Waals surface area contributed by atoms with Gasteiger partial charge in [0.25, 0.3) is 5.56 Å². The largest absolute Gasteiger partial charge is 0.493 e. The standard InChI is InChI=1S/C22H26N2O6/c1-7-17(28-6)19-18(23-5)20(25)24(22(27)30-19)14(3)21(26)29-15(4)13(2)16-11-9-8-10-12-16/h7-15H,5H2,1-4,6H3/b17-7+/t13-,14+,15+/m1/s1. The Labute approximate surface area is 174 Å². The summed E-state index contributed by atoms with van der Waals surface area (Å²) in [4.78, 5) is 41.7. The molecule has 2 aromatic rings. The molecule has 0 aliphatic carbocycles. The van der Waals surface area contributed by atoms with Gasteiger partial charge in [-0.3, -0.25) is 9.79 Å². The Morgan fingerprint density at radius 2 is 1.83 bits per heavy atom. The van der Waals surface area contributed by atoms with Crippen LogP contribution in [0.5, 0.6) is 0 Å². The van der Waals surface area contributed by atoms with Gasteiger partial charge in [0, 0.05) is 5.92 Å². The number of carbonyl (C=O) groups is 1. The summed E-state index contributed by atoms with van der Waals surface area (Å²) in [5.41, 5.74) is -0.0427. The second kappa shape index (κ2) is 9.87. The molecule has 0 saturated carbocycles. The first kappa shape index (κ1) is 22.9. The fraction of sp³-hybridized carbons (Fsp3) is 0.364. The van der Waals surface area contributed by atoms with Gasteiger partial charge >= 0.3 is 11.7 Å². The molecule has 0 unspecified atom stereocenters. The fourth-order valence-corrected chi connectivity index (χ4v) is 2.98. The van der Waals surface area contributed by atoms with Gasteiger partial charge in [-0.1, -0.05) is 37.3 Å². The summed E-state index contributed by atoms with van der Waals surface area (Å²) >= 11 is 0. The second-order valence-corrected chi connectivity index (χ2v) is 6.75. The van der Waals surface area contributed by atoms with Crippen molar-refractivity contribution < 1.29 is 18.7 Å². The van der Waals surface area contributed by atoms with Crippen molar-refractivity contribution in [2.24, 2.45) is 4.99 Å². The van der Waals surface area contributed by atoms with Gasteiger partial charge in [-0.05, 0) is 39.1 Å². The van der Waals surface area contributed by atoms with Crippen molar-refractivity contribution in [3.8, 4) is 0 Å². The van der Waals surface area contributed by atoms with E-state index in [1.807, 2.05) is 37.3 Å². The van der Waals surface area contributed by atoms with Crippen molar-refractivity contribution in [2.75, 3.05) is 7.11 Å². The topological polar surface area (TPSA) is 100 Å². The molecule has 0 aliphatic heterocycles. The van der Waals surface area contributed by atoms with Crippen LogP contribution in [0.1, 0.15) is 51.0 Å². The molecule has 0 saturated heterocycles. The van der Waals surface area contributed by atoms with Crippen molar-refractivity contribution in [2.45, 2.75) is 45.8 Å². The number of hydrogen-bond acceptors (Lipinski definition) is 7. The highest BCUT2D eigenvalue weighted by Crippen LogP contribution is 2.24. The van der Waals surface area contributed by atoms with Crippen molar-refractivity contribution in [1.29, 1.82) is 0 Å². The maximum atomic E-state index is 12.8. The number of carbonyl (C=O) groups excluding carboxylic acids is 1. The molecule has 8 heteroatoms. The fourth-order valence-electron chi connectivity index (χ4n) is 2.98. The number of rotatable bonds is 8. The zero-order chi connectivity index (χ0) is 22.4. The van der Waals surface area contributed by atoms with Crippen molar-refractivity contribution in [1.82, 2.24) is 4.57 Å². The summed E-state index contributed by atoms with van der Waals surface area (Å²) in [7, 11) is 1.36. The van der Waals surface area contributed by atoms with Crippen LogP contribution in [0.15, 0.2) is 55.4 Å². The number of esters is 1. The van der Waals surface area contributed by atoms with Gasteiger partial charge in [-0.25, -0.2) is 14.2 Å². The number of aliphatic imine (C=N–C) groups is 1. The van der Waals surface area contributed by atoms with Crippen LogP contribution in [0, 0.1) is 0 Å². The predicted octanol–water partition coefficient (Wildman–Crippen LogP) is 3.44. The van der Waals surface area contributed by atoms with Gasteiger partial charge in [0.1, 0.15) is 12.1 Å². The van der Waals surface area contributed by atoms with Crippen LogP contribution in [0.4, 0.5) is 5.69 Å². The summed E-state index contributed by atoms with van der Waals surface area (Å²) in [6, 6.07) is 8.36. The molecule has 0 amide bonds. The molecule has 0 radical (unpaired) electrons. The number of allylic oxidation sites excluding steroid dienone is 1. The van der Waals surface area contributed by atoms with E-state index in [1.165, 1.54) is 20.1 Å². The molecule has 0 fully saturated rings. The molecule has 1 heterocycles. The minimum atomic E-state index is -1.22. The van der Waals surface area contributed by atoms with Gasteiger partial charge in [0.15, 0.2) is 11.4 Å². The van der Waals surface area contributed by atoms with Crippen molar-refractivity contribution in [3.05, 3.63) is 68.6 Å². The average molecular weight is 414 g/mol. The number of hydrogen-bond donors (Lipinski definition) is 0. The molecule has 30 heavy (non-hydrogen) atoms. The minimum absolute atomic E-state index is 0.0813. The molecule has 3 atom stereocenters. The maximum absolute atomic E-state index is 12.8. The first-order valence-corrected chi connectivity index (χ1v) is 9.49. The van der Waals surface area contributed by atoms with Crippen molar-refractivity contribution in [3.63, 3.8) is 0 Å². The van der Waals surface area contributed by atoms with E-state index in [4.69, 9.17) is 13.9 Å². The summed E-state index contributed by atoms with van der Waals surface area (Å²) in [5, 5.41) is 0. The Hall–Kier alpha value is -3.42. The lowest BCUT2D eigenvalue weighted by molar-refractivity contribution is -0.153. The van der Waals surface area contributed by atoms with E-state index in [0.717, 1.165) is 5.56 Å². The summed E-state index contributed by atoms with van der Waals surface area (Å²) in [5.74, 6) is -1.83. The van der Waals surface area contributed by atoms with E-state index in [1.54, 1.807) is 13.8 Å². The van der Waals surface area contributed by atoms with Crippen LogP contribution in [-0.4, -0.2) is 30.5 Å². The third-order valence-corrected chi connectivity index (χ3v) is 4.95. The third kappa shape index (κ3) is 4.59. The first-order chi connectivity index (χ1) is 14.3. The summed E-state index contributed by atoms with van der Waals surface area (Å²) in [6.45, 7) is 10.1. The molecule has 1 aromatic heterocycles. The monoisotopic (exact) mass is 414 g/mol. The molecule has 0 spiro atoms. The van der Waals surface area contributed by atoms with E-state index in [9.17, 15) is 14.4 Å².